The first-order valence-corrected chi connectivity index (χ1v) is 6.97. The molecule has 2 aromatic carbocycles. The standard InChI is InChI=1S/C18H14O6/c1-2-3-16(19)23-14-10-6-13(7-11-14)18(22)24-15-8-4-12(5-9-15)17(20)21/h2,4-11H,1,3H2,(H,20,21). The lowest BCUT2D eigenvalue weighted by molar-refractivity contribution is -0.133. The molecule has 0 saturated carbocycles. The van der Waals surface area contributed by atoms with Gasteiger partial charge in [-0.1, -0.05) is 6.08 Å². The number of carbonyl (C=O) groups excluding carboxylic acids is 2. The summed E-state index contributed by atoms with van der Waals surface area (Å²) in [5.74, 6) is -1.58. The van der Waals surface area contributed by atoms with Crippen LogP contribution in [0.4, 0.5) is 0 Å². The van der Waals surface area contributed by atoms with Gasteiger partial charge in [-0.15, -0.1) is 6.58 Å². The lowest BCUT2D eigenvalue weighted by Gasteiger charge is -2.06. The molecular formula is C18H14O6. The summed E-state index contributed by atoms with van der Waals surface area (Å²) >= 11 is 0. The van der Waals surface area contributed by atoms with E-state index in [2.05, 4.69) is 6.58 Å². The Balaban J connectivity index is 2.00. The smallest absolute Gasteiger partial charge is 0.343 e. The van der Waals surface area contributed by atoms with Crippen LogP contribution in [0.2, 0.25) is 0 Å². The summed E-state index contributed by atoms with van der Waals surface area (Å²) in [4.78, 5) is 34.1. The third kappa shape index (κ3) is 4.54. The molecule has 0 heterocycles. The van der Waals surface area contributed by atoms with Crippen molar-refractivity contribution in [2.24, 2.45) is 0 Å². The van der Waals surface area contributed by atoms with Gasteiger partial charge in [0.1, 0.15) is 11.5 Å². The maximum absolute atomic E-state index is 12.0. The monoisotopic (exact) mass is 326 g/mol. The van der Waals surface area contributed by atoms with Gasteiger partial charge in [-0.05, 0) is 48.5 Å². The van der Waals surface area contributed by atoms with Crippen LogP contribution in [0, 0.1) is 0 Å². The van der Waals surface area contributed by atoms with Crippen LogP contribution in [0.25, 0.3) is 0 Å². The molecule has 0 saturated heterocycles. The highest BCUT2D eigenvalue weighted by atomic mass is 16.5. The predicted octanol–water partition coefficient (Wildman–Crippen LogP) is 3.09. The Morgan fingerprint density at radius 1 is 0.875 bits per heavy atom. The molecule has 0 spiro atoms. The number of ether oxygens (including phenoxy) is 2. The Hall–Kier alpha value is -3.41. The van der Waals surface area contributed by atoms with Crippen molar-refractivity contribution in [2.75, 3.05) is 0 Å². The molecule has 0 aliphatic rings. The quantitative estimate of drug-likeness (QED) is 0.498. The summed E-state index contributed by atoms with van der Waals surface area (Å²) in [6, 6.07) is 11.4. The average Bonchev–Trinajstić information content (AvgIpc) is 2.56. The van der Waals surface area contributed by atoms with Crippen LogP contribution in [0.5, 0.6) is 11.5 Å². The molecule has 6 heteroatoms. The second kappa shape index (κ2) is 7.73. The van der Waals surface area contributed by atoms with Crippen molar-refractivity contribution in [1.82, 2.24) is 0 Å². The number of benzene rings is 2. The first-order chi connectivity index (χ1) is 11.5. The van der Waals surface area contributed by atoms with Crippen molar-refractivity contribution in [2.45, 2.75) is 6.42 Å². The Morgan fingerprint density at radius 3 is 1.88 bits per heavy atom. The molecule has 0 fully saturated rings. The highest BCUT2D eigenvalue weighted by Crippen LogP contribution is 2.17. The maximum atomic E-state index is 12.0. The van der Waals surface area contributed by atoms with E-state index in [0.29, 0.717) is 5.75 Å². The van der Waals surface area contributed by atoms with Crippen LogP contribution in [-0.2, 0) is 4.79 Å². The normalized spacial score (nSPS) is 9.83. The summed E-state index contributed by atoms with van der Waals surface area (Å²) in [6.45, 7) is 3.44. The fourth-order valence-electron chi connectivity index (χ4n) is 1.78. The summed E-state index contributed by atoms with van der Waals surface area (Å²) in [6.07, 6.45) is 1.53. The van der Waals surface area contributed by atoms with Crippen LogP contribution in [0.3, 0.4) is 0 Å². The van der Waals surface area contributed by atoms with Gasteiger partial charge in [-0.2, -0.15) is 0 Å². The van der Waals surface area contributed by atoms with Crippen LogP contribution >= 0.6 is 0 Å². The summed E-state index contributed by atoms with van der Waals surface area (Å²) in [7, 11) is 0. The third-order valence-electron chi connectivity index (χ3n) is 2.94. The molecule has 0 amide bonds. The number of hydrogen-bond donors (Lipinski definition) is 1. The Bertz CT molecular complexity index is 759. The Labute approximate surface area is 137 Å². The number of aromatic carboxylic acids is 1. The molecule has 6 nitrogen and oxygen atoms in total. The summed E-state index contributed by atoms with van der Waals surface area (Å²) in [5.41, 5.74) is 0.362. The molecule has 1 N–H and O–H groups in total. The SMILES string of the molecule is C=CCC(=O)Oc1ccc(C(=O)Oc2ccc(C(=O)O)cc2)cc1. The van der Waals surface area contributed by atoms with Crippen molar-refractivity contribution in [3.63, 3.8) is 0 Å². The van der Waals surface area contributed by atoms with E-state index < -0.39 is 17.9 Å². The number of carbonyl (C=O) groups is 3. The zero-order valence-electron chi connectivity index (χ0n) is 12.6. The van der Waals surface area contributed by atoms with Gasteiger partial charge in [-0.3, -0.25) is 4.79 Å². The molecule has 0 aliphatic carbocycles. The van der Waals surface area contributed by atoms with Crippen molar-refractivity contribution in [1.29, 1.82) is 0 Å². The predicted molar refractivity (Wildman–Crippen MR) is 85.3 cm³/mol. The maximum Gasteiger partial charge on any atom is 0.343 e. The molecule has 0 bridgehead atoms. The van der Waals surface area contributed by atoms with E-state index in [0.717, 1.165) is 0 Å². The number of hydrogen-bond acceptors (Lipinski definition) is 5. The van der Waals surface area contributed by atoms with E-state index in [1.54, 1.807) is 0 Å². The second-order valence-corrected chi connectivity index (χ2v) is 4.71. The zero-order valence-corrected chi connectivity index (χ0v) is 12.6. The summed E-state index contributed by atoms with van der Waals surface area (Å²) in [5, 5.41) is 8.81. The van der Waals surface area contributed by atoms with Gasteiger partial charge in [0.15, 0.2) is 0 Å². The van der Waals surface area contributed by atoms with Gasteiger partial charge in [0, 0.05) is 0 Å². The van der Waals surface area contributed by atoms with Crippen molar-refractivity contribution in [3.8, 4) is 11.5 Å². The fraction of sp³-hybridized carbons (Fsp3) is 0.0556. The number of esters is 2. The Morgan fingerprint density at radius 2 is 1.38 bits per heavy atom. The largest absolute Gasteiger partial charge is 0.478 e. The molecule has 122 valence electrons. The third-order valence-corrected chi connectivity index (χ3v) is 2.94. The molecule has 0 aliphatic heterocycles. The van der Waals surface area contributed by atoms with Crippen LogP contribution < -0.4 is 9.47 Å². The first-order valence-electron chi connectivity index (χ1n) is 6.97. The van der Waals surface area contributed by atoms with Crippen LogP contribution in [-0.4, -0.2) is 23.0 Å². The number of carboxylic acid groups (broad SMARTS) is 1. The minimum Gasteiger partial charge on any atom is -0.478 e. The van der Waals surface area contributed by atoms with Crippen LogP contribution in [0.15, 0.2) is 61.2 Å². The zero-order chi connectivity index (χ0) is 17.5. The van der Waals surface area contributed by atoms with Crippen molar-refractivity contribution >= 4 is 17.9 Å². The minimum absolute atomic E-state index is 0.0934. The van der Waals surface area contributed by atoms with Gasteiger partial charge in [0.05, 0.1) is 17.5 Å². The van der Waals surface area contributed by atoms with Crippen LogP contribution in [0.1, 0.15) is 27.1 Å². The molecule has 0 aromatic heterocycles. The molecular weight excluding hydrogens is 312 g/mol. The number of rotatable bonds is 6. The van der Waals surface area contributed by atoms with E-state index in [4.69, 9.17) is 14.6 Å². The molecule has 0 radical (unpaired) electrons. The molecule has 2 rings (SSSR count). The van der Waals surface area contributed by atoms with E-state index in [1.165, 1.54) is 54.6 Å². The van der Waals surface area contributed by atoms with Gasteiger partial charge in [0.2, 0.25) is 0 Å². The van der Waals surface area contributed by atoms with E-state index in [-0.39, 0.29) is 23.3 Å². The van der Waals surface area contributed by atoms with Gasteiger partial charge >= 0.3 is 17.9 Å². The lowest BCUT2D eigenvalue weighted by atomic mass is 10.2. The van der Waals surface area contributed by atoms with Crippen molar-refractivity contribution < 1.29 is 29.0 Å². The van der Waals surface area contributed by atoms with E-state index in [1.807, 2.05) is 0 Å². The number of carboxylic acids is 1. The van der Waals surface area contributed by atoms with E-state index >= 15 is 0 Å². The van der Waals surface area contributed by atoms with Gasteiger partial charge < -0.3 is 14.6 Å². The summed E-state index contributed by atoms with van der Waals surface area (Å²) < 4.78 is 10.2. The molecule has 24 heavy (non-hydrogen) atoms. The molecule has 0 unspecified atom stereocenters. The van der Waals surface area contributed by atoms with Crippen molar-refractivity contribution in [3.05, 3.63) is 72.3 Å². The average molecular weight is 326 g/mol. The minimum atomic E-state index is -1.06. The highest BCUT2D eigenvalue weighted by molar-refractivity contribution is 5.91. The Kier molecular flexibility index (Phi) is 5.46. The second-order valence-electron chi connectivity index (χ2n) is 4.71. The fourth-order valence-corrected chi connectivity index (χ4v) is 1.78. The first kappa shape index (κ1) is 17.0. The van der Waals surface area contributed by atoms with Gasteiger partial charge in [-0.25, -0.2) is 9.59 Å². The van der Waals surface area contributed by atoms with Gasteiger partial charge in [0.25, 0.3) is 0 Å². The molecule has 2 aromatic rings. The topological polar surface area (TPSA) is 89.9 Å². The highest BCUT2D eigenvalue weighted by Gasteiger charge is 2.10. The van der Waals surface area contributed by atoms with E-state index in [9.17, 15) is 14.4 Å². The molecule has 0 atom stereocenters. The lowest BCUT2D eigenvalue weighted by Crippen LogP contribution is -2.09.